The molecular weight excluding hydrogens is 512 g/mol. The smallest absolute Gasteiger partial charge is 0.251 e. The Hall–Kier alpha value is -4.79. The van der Waals surface area contributed by atoms with Crippen LogP contribution in [0.1, 0.15) is 35.2 Å². The minimum absolute atomic E-state index is 0.107. The van der Waals surface area contributed by atoms with Gasteiger partial charge in [-0.15, -0.1) is 0 Å². The number of rotatable bonds is 6. The molecule has 3 aromatic carbocycles. The van der Waals surface area contributed by atoms with Crippen molar-refractivity contribution in [1.82, 2.24) is 19.9 Å². The van der Waals surface area contributed by atoms with Crippen LogP contribution >= 0.6 is 0 Å². The number of nitrogens with two attached hydrogens (primary N) is 1. The van der Waals surface area contributed by atoms with Gasteiger partial charge in [-0.1, -0.05) is 48.5 Å². The summed E-state index contributed by atoms with van der Waals surface area (Å²) in [5, 5.41) is 15.3. The highest BCUT2D eigenvalue weighted by Crippen LogP contribution is 2.45. The van der Waals surface area contributed by atoms with Gasteiger partial charge in [0.2, 0.25) is 0 Å². The Balaban J connectivity index is 1.44. The molecule has 5 aromatic rings. The van der Waals surface area contributed by atoms with Crippen LogP contribution in [-0.4, -0.2) is 38.7 Å². The average Bonchev–Trinajstić information content (AvgIpc) is 3.33. The van der Waals surface area contributed by atoms with Crippen LogP contribution < -0.4 is 16.4 Å². The molecule has 1 fully saturated rings. The van der Waals surface area contributed by atoms with Gasteiger partial charge in [0.25, 0.3) is 5.91 Å². The lowest BCUT2D eigenvalue weighted by molar-refractivity contribution is 0.0945. The lowest BCUT2D eigenvalue weighted by atomic mass is 9.72. The molecule has 1 amide bonds. The summed E-state index contributed by atoms with van der Waals surface area (Å²) in [7, 11) is 0. The molecule has 5 N–H and O–H groups in total. The molecule has 0 spiro atoms. The molecule has 0 unspecified atom stereocenters. The number of fused-ring (bicyclic) bond motifs is 5. The van der Waals surface area contributed by atoms with E-state index >= 15 is 0 Å². The Kier molecular flexibility index (Phi) is 6.14. The summed E-state index contributed by atoms with van der Waals surface area (Å²) >= 11 is 0. The highest BCUT2D eigenvalue weighted by atomic mass is 16.3. The normalized spacial score (nSPS) is 14.5. The third-order valence-corrected chi connectivity index (χ3v) is 8.12. The van der Waals surface area contributed by atoms with Crippen molar-refractivity contribution in [2.24, 2.45) is 5.73 Å². The topological polar surface area (TPSA) is 118 Å². The van der Waals surface area contributed by atoms with Crippen LogP contribution in [0.25, 0.3) is 39.6 Å². The maximum Gasteiger partial charge on any atom is 0.251 e. The number of pyridine rings is 1. The van der Waals surface area contributed by atoms with Crippen molar-refractivity contribution >= 4 is 17.4 Å². The van der Waals surface area contributed by atoms with Crippen molar-refractivity contribution in [3.05, 3.63) is 102 Å². The third kappa shape index (κ3) is 4.28. The number of hydrogen-bond donors (Lipinski definition) is 4. The summed E-state index contributed by atoms with van der Waals surface area (Å²) in [5.74, 6) is 1.31. The molecule has 7 rings (SSSR count). The van der Waals surface area contributed by atoms with Gasteiger partial charge in [0.1, 0.15) is 5.82 Å². The van der Waals surface area contributed by atoms with Crippen LogP contribution in [-0.2, 0) is 5.54 Å². The predicted molar refractivity (Wildman–Crippen MR) is 160 cm³/mol. The fourth-order valence-corrected chi connectivity index (χ4v) is 5.75. The second-order valence-corrected chi connectivity index (χ2v) is 10.7. The molecule has 0 saturated heterocycles. The number of imidazole rings is 1. The van der Waals surface area contributed by atoms with Crippen LogP contribution in [0.4, 0.5) is 11.5 Å². The maximum atomic E-state index is 12.5. The van der Waals surface area contributed by atoms with E-state index in [1.54, 1.807) is 18.3 Å². The first kappa shape index (κ1) is 25.2. The number of nitrogens with one attached hydrogen (secondary N) is 2. The number of hydrogen-bond acceptors (Lipinski definition) is 6. The van der Waals surface area contributed by atoms with Crippen LogP contribution in [0.3, 0.4) is 0 Å². The van der Waals surface area contributed by atoms with Crippen molar-refractivity contribution < 1.29 is 9.90 Å². The van der Waals surface area contributed by atoms with Crippen molar-refractivity contribution in [2.45, 2.75) is 24.8 Å². The Morgan fingerprint density at radius 2 is 1.73 bits per heavy atom. The molecule has 0 atom stereocenters. The number of benzene rings is 3. The number of aromatic nitrogens is 3. The third-order valence-electron chi connectivity index (χ3n) is 8.12. The van der Waals surface area contributed by atoms with Crippen LogP contribution in [0, 0.1) is 0 Å². The van der Waals surface area contributed by atoms with E-state index in [1.807, 2.05) is 42.5 Å². The predicted octanol–water partition coefficient (Wildman–Crippen LogP) is 5.39. The van der Waals surface area contributed by atoms with Crippen molar-refractivity contribution in [3.8, 4) is 39.6 Å². The number of amides is 1. The van der Waals surface area contributed by atoms with Gasteiger partial charge in [0.15, 0.2) is 5.82 Å². The molecule has 0 bridgehead atoms. The Bertz CT molecular complexity index is 1750. The highest BCUT2D eigenvalue weighted by Gasteiger charge is 2.34. The second-order valence-electron chi connectivity index (χ2n) is 10.7. The summed E-state index contributed by atoms with van der Waals surface area (Å²) in [6, 6.07) is 28.1. The number of carbonyl (C=O) groups is 1. The number of aliphatic hydroxyl groups excluding tert-OH is 1. The monoisotopic (exact) mass is 542 g/mol. The van der Waals surface area contributed by atoms with E-state index in [0.717, 1.165) is 75.9 Å². The first-order chi connectivity index (χ1) is 20.1. The molecule has 2 aromatic heterocycles. The molecule has 8 nitrogen and oxygen atoms in total. The van der Waals surface area contributed by atoms with Gasteiger partial charge in [-0.3, -0.25) is 9.36 Å². The standard InChI is InChI=1S/C33H30N6O2/c34-33(16-4-17-33)24-14-12-22(13-15-24)29-28(21-8-10-23(11-9-21)32(41)36-19-20-40)38-31-25-5-1-2-6-26(25)37-30-27(39(29)31)7-3-18-35-30/h1-3,5-15,18,40H,4,16-17,19-20,34H2,(H,35,37)(H,36,41). The average molecular weight is 543 g/mol. The Morgan fingerprint density at radius 3 is 2.46 bits per heavy atom. The molecule has 1 aliphatic carbocycles. The number of anilines is 2. The summed E-state index contributed by atoms with van der Waals surface area (Å²) < 4.78 is 2.18. The van der Waals surface area contributed by atoms with Gasteiger partial charge in [-0.2, -0.15) is 0 Å². The lowest BCUT2D eigenvalue weighted by Gasteiger charge is -2.38. The molecule has 2 aliphatic rings. The summed E-state index contributed by atoms with van der Waals surface area (Å²) in [6.45, 7) is 0.101. The van der Waals surface area contributed by atoms with Crippen LogP contribution in [0.5, 0.6) is 0 Å². The highest BCUT2D eigenvalue weighted by molar-refractivity contribution is 5.95. The first-order valence-electron chi connectivity index (χ1n) is 13.9. The van der Waals surface area contributed by atoms with Crippen molar-refractivity contribution in [2.75, 3.05) is 18.5 Å². The van der Waals surface area contributed by atoms with E-state index in [0.29, 0.717) is 5.56 Å². The van der Waals surface area contributed by atoms with Crippen LogP contribution in [0.15, 0.2) is 91.1 Å². The molecule has 0 radical (unpaired) electrons. The van der Waals surface area contributed by atoms with Crippen LogP contribution in [0.2, 0.25) is 0 Å². The van der Waals surface area contributed by atoms with Gasteiger partial charge in [0, 0.05) is 40.5 Å². The zero-order chi connectivity index (χ0) is 28.0. The van der Waals surface area contributed by atoms with Gasteiger partial charge < -0.3 is 21.5 Å². The minimum Gasteiger partial charge on any atom is -0.395 e. The molecule has 1 aliphatic heterocycles. The molecular formula is C33H30N6O2. The van der Waals surface area contributed by atoms with E-state index < -0.39 is 0 Å². The van der Waals surface area contributed by atoms with Crippen molar-refractivity contribution in [1.29, 1.82) is 0 Å². The summed E-state index contributed by atoms with van der Waals surface area (Å²) in [6.07, 6.45) is 4.94. The fraction of sp³-hybridized carbons (Fsp3) is 0.182. The van der Waals surface area contributed by atoms with E-state index in [9.17, 15) is 4.79 Å². The van der Waals surface area contributed by atoms with Gasteiger partial charge >= 0.3 is 0 Å². The summed E-state index contributed by atoms with van der Waals surface area (Å²) in [5.41, 5.74) is 14.5. The molecule has 41 heavy (non-hydrogen) atoms. The number of nitrogens with zero attached hydrogens (tertiary/aromatic N) is 3. The number of aliphatic hydroxyl groups is 1. The number of para-hydroxylation sites is 1. The Labute approximate surface area is 237 Å². The largest absolute Gasteiger partial charge is 0.395 e. The van der Waals surface area contributed by atoms with Crippen molar-refractivity contribution in [3.63, 3.8) is 0 Å². The molecule has 204 valence electrons. The zero-order valence-electron chi connectivity index (χ0n) is 22.5. The van der Waals surface area contributed by atoms with E-state index in [-0.39, 0.29) is 24.6 Å². The summed E-state index contributed by atoms with van der Waals surface area (Å²) in [4.78, 5) is 22.4. The SMILES string of the molecule is NC1(c2ccc(-c3c(-c4ccc(C(=O)NCCO)cc4)nc4n3-c3cccnc3Nc3ccccc3-4)cc2)CCC1. The molecule has 8 heteroatoms. The van der Waals surface area contributed by atoms with E-state index in [2.05, 4.69) is 50.5 Å². The fourth-order valence-electron chi connectivity index (χ4n) is 5.75. The first-order valence-corrected chi connectivity index (χ1v) is 13.9. The maximum absolute atomic E-state index is 12.5. The van der Waals surface area contributed by atoms with Gasteiger partial charge in [0.05, 0.1) is 29.4 Å². The van der Waals surface area contributed by atoms with Gasteiger partial charge in [-0.25, -0.2) is 9.97 Å². The van der Waals surface area contributed by atoms with Gasteiger partial charge in [-0.05, 0) is 61.2 Å². The molecule has 1 saturated carbocycles. The van der Waals surface area contributed by atoms with E-state index in [4.69, 9.17) is 15.8 Å². The zero-order valence-corrected chi connectivity index (χ0v) is 22.5. The number of carbonyl (C=O) groups excluding carboxylic acids is 1. The lowest BCUT2D eigenvalue weighted by Crippen LogP contribution is -2.43. The minimum atomic E-state index is -0.249. The Morgan fingerprint density at radius 1 is 0.976 bits per heavy atom. The molecule has 3 heterocycles. The van der Waals surface area contributed by atoms with E-state index in [1.165, 1.54) is 0 Å². The quantitative estimate of drug-likeness (QED) is 0.224. The second kappa shape index (κ2) is 9.99.